The van der Waals surface area contributed by atoms with Crippen molar-refractivity contribution in [2.45, 2.75) is 19.1 Å². The first-order valence-corrected chi connectivity index (χ1v) is 5.88. The van der Waals surface area contributed by atoms with Crippen LogP contribution >= 0.6 is 0 Å². The largest absolute Gasteiger partial charge is 0.372 e. The van der Waals surface area contributed by atoms with Gasteiger partial charge in [0.25, 0.3) is 0 Å². The van der Waals surface area contributed by atoms with Gasteiger partial charge < -0.3 is 9.53 Å². The Bertz CT molecular complexity index is 356. The minimum Gasteiger partial charge on any atom is -0.372 e. The van der Waals surface area contributed by atoms with Crippen LogP contribution in [0, 0.1) is 5.92 Å². The molecule has 2 unspecified atom stereocenters. The van der Waals surface area contributed by atoms with Gasteiger partial charge in [0.2, 0.25) is 0 Å². The van der Waals surface area contributed by atoms with Crippen molar-refractivity contribution in [1.29, 1.82) is 0 Å². The van der Waals surface area contributed by atoms with Gasteiger partial charge in [-0.05, 0) is 12.0 Å². The van der Waals surface area contributed by atoms with E-state index in [4.69, 9.17) is 10.6 Å². The molecule has 4 heteroatoms. The summed E-state index contributed by atoms with van der Waals surface area (Å²) in [6.07, 6.45) is 1.78. The Labute approximate surface area is 101 Å². The van der Waals surface area contributed by atoms with Crippen LogP contribution in [0.1, 0.15) is 12.0 Å². The predicted octanol–water partition coefficient (Wildman–Crippen LogP) is 0.966. The number of piperidine rings is 1. The molecule has 0 saturated carbocycles. The molecule has 1 aromatic carbocycles. The molecule has 17 heavy (non-hydrogen) atoms. The van der Waals surface area contributed by atoms with Crippen LogP contribution in [0.3, 0.4) is 0 Å². The van der Waals surface area contributed by atoms with Crippen LogP contribution in [0.15, 0.2) is 30.3 Å². The molecule has 0 spiro atoms. The average molecular weight is 234 g/mol. The molecule has 0 amide bonds. The lowest BCUT2D eigenvalue weighted by atomic mass is 9.98. The maximum Gasteiger partial charge on any atom is 0.124 e. The fraction of sp³-hybridized carbons (Fsp3) is 0.462. The van der Waals surface area contributed by atoms with E-state index in [1.54, 1.807) is 5.01 Å². The summed E-state index contributed by atoms with van der Waals surface area (Å²) >= 11 is 0. The van der Waals surface area contributed by atoms with Gasteiger partial charge >= 0.3 is 0 Å². The summed E-state index contributed by atoms with van der Waals surface area (Å²) in [5.41, 5.74) is 1.14. The number of hydrogen-bond donors (Lipinski definition) is 1. The number of benzene rings is 1. The standard InChI is InChI=1S/C13H18N2O2/c14-15-7-12(9-16)6-13(8-15)17-10-11-4-2-1-3-5-11/h1-5,9,12-13H,6-8,10,14H2. The third-order valence-corrected chi connectivity index (χ3v) is 2.99. The second kappa shape index (κ2) is 5.91. The molecule has 4 nitrogen and oxygen atoms in total. The summed E-state index contributed by atoms with van der Waals surface area (Å²) in [4.78, 5) is 10.8. The highest BCUT2D eigenvalue weighted by Gasteiger charge is 2.25. The summed E-state index contributed by atoms with van der Waals surface area (Å²) < 4.78 is 5.79. The molecule has 0 bridgehead atoms. The van der Waals surface area contributed by atoms with Crippen molar-refractivity contribution in [1.82, 2.24) is 5.01 Å². The molecule has 0 aromatic heterocycles. The Hall–Kier alpha value is -1.23. The average Bonchev–Trinajstić information content (AvgIpc) is 2.37. The van der Waals surface area contributed by atoms with Gasteiger partial charge in [0.05, 0.1) is 12.7 Å². The zero-order valence-electron chi connectivity index (χ0n) is 9.79. The van der Waals surface area contributed by atoms with Crippen molar-refractivity contribution in [2.24, 2.45) is 11.8 Å². The first-order valence-electron chi connectivity index (χ1n) is 5.88. The highest BCUT2D eigenvalue weighted by Crippen LogP contribution is 2.16. The normalized spacial score (nSPS) is 25.7. The van der Waals surface area contributed by atoms with Gasteiger partial charge in [-0.2, -0.15) is 0 Å². The number of hydrogen-bond acceptors (Lipinski definition) is 4. The Morgan fingerprint density at radius 2 is 2.12 bits per heavy atom. The van der Waals surface area contributed by atoms with Crippen LogP contribution in [0.4, 0.5) is 0 Å². The molecular formula is C13H18N2O2. The van der Waals surface area contributed by atoms with Gasteiger partial charge in [0.1, 0.15) is 6.29 Å². The SMILES string of the molecule is NN1CC(C=O)CC(OCc2ccccc2)C1. The van der Waals surface area contributed by atoms with E-state index in [-0.39, 0.29) is 12.0 Å². The molecule has 1 heterocycles. The smallest absolute Gasteiger partial charge is 0.124 e. The molecule has 2 atom stereocenters. The molecule has 1 fully saturated rings. The Morgan fingerprint density at radius 3 is 2.82 bits per heavy atom. The van der Waals surface area contributed by atoms with Crippen LogP contribution in [0.5, 0.6) is 0 Å². The summed E-state index contributed by atoms with van der Waals surface area (Å²) in [5.74, 6) is 5.75. The number of nitrogens with zero attached hydrogens (tertiary/aromatic N) is 1. The number of nitrogens with two attached hydrogens (primary N) is 1. The lowest BCUT2D eigenvalue weighted by molar-refractivity contribution is -0.116. The summed E-state index contributed by atoms with van der Waals surface area (Å²) in [7, 11) is 0. The number of ether oxygens (including phenoxy) is 1. The van der Waals surface area contributed by atoms with Gasteiger partial charge in [-0.1, -0.05) is 30.3 Å². The monoisotopic (exact) mass is 234 g/mol. The number of hydrazine groups is 1. The van der Waals surface area contributed by atoms with E-state index < -0.39 is 0 Å². The van der Waals surface area contributed by atoms with Crippen LogP contribution in [0.2, 0.25) is 0 Å². The molecule has 2 N–H and O–H groups in total. The summed E-state index contributed by atoms with van der Waals surface area (Å²) in [5, 5.41) is 1.66. The molecule has 1 aliphatic heterocycles. The van der Waals surface area contributed by atoms with Gasteiger partial charge in [-0.25, -0.2) is 5.01 Å². The number of carbonyl (C=O) groups excluding carboxylic acids is 1. The first-order chi connectivity index (χ1) is 8.28. The lowest BCUT2D eigenvalue weighted by Crippen LogP contribution is -2.48. The van der Waals surface area contributed by atoms with E-state index >= 15 is 0 Å². The highest BCUT2D eigenvalue weighted by molar-refractivity contribution is 5.54. The zero-order chi connectivity index (χ0) is 12.1. The molecule has 0 aliphatic carbocycles. The second-order valence-electron chi connectivity index (χ2n) is 4.50. The topological polar surface area (TPSA) is 55.6 Å². The van der Waals surface area contributed by atoms with E-state index in [0.717, 1.165) is 18.3 Å². The van der Waals surface area contributed by atoms with Gasteiger partial charge in [-0.15, -0.1) is 0 Å². The number of aldehydes is 1. The van der Waals surface area contributed by atoms with E-state index in [0.29, 0.717) is 19.7 Å². The molecule has 2 rings (SSSR count). The predicted molar refractivity (Wildman–Crippen MR) is 65.0 cm³/mol. The molecule has 0 radical (unpaired) electrons. The zero-order valence-corrected chi connectivity index (χ0v) is 9.79. The minimum atomic E-state index is -0.00507. The van der Waals surface area contributed by atoms with Crippen LogP contribution < -0.4 is 5.84 Å². The van der Waals surface area contributed by atoms with E-state index in [1.807, 2.05) is 30.3 Å². The van der Waals surface area contributed by atoms with E-state index in [9.17, 15) is 4.79 Å². The maximum absolute atomic E-state index is 10.8. The van der Waals surface area contributed by atoms with Crippen molar-refractivity contribution in [3.05, 3.63) is 35.9 Å². The van der Waals surface area contributed by atoms with E-state index in [1.165, 1.54) is 0 Å². The van der Waals surface area contributed by atoms with Crippen molar-refractivity contribution in [2.75, 3.05) is 13.1 Å². The van der Waals surface area contributed by atoms with Gasteiger partial charge in [0.15, 0.2) is 0 Å². The molecule has 92 valence electrons. The Kier molecular flexibility index (Phi) is 4.25. The van der Waals surface area contributed by atoms with Gasteiger partial charge in [-0.3, -0.25) is 5.84 Å². The van der Waals surface area contributed by atoms with Crippen LogP contribution in [0.25, 0.3) is 0 Å². The second-order valence-corrected chi connectivity index (χ2v) is 4.50. The summed E-state index contributed by atoms with van der Waals surface area (Å²) in [6, 6.07) is 10.0. The molecule has 1 saturated heterocycles. The minimum absolute atomic E-state index is 0.00507. The third kappa shape index (κ3) is 3.63. The maximum atomic E-state index is 10.8. The highest BCUT2D eigenvalue weighted by atomic mass is 16.5. The molecular weight excluding hydrogens is 216 g/mol. The van der Waals surface area contributed by atoms with Crippen molar-refractivity contribution >= 4 is 6.29 Å². The first kappa shape index (κ1) is 12.2. The van der Waals surface area contributed by atoms with Crippen molar-refractivity contribution < 1.29 is 9.53 Å². The van der Waals surface area contributed by atoms with E-state index in [2.05, 4.69) is 0 Å². The van der Waals surface area contributed by atoms with Crippen LogP contribution in [-0.2, 0) is 16.1 Å². The Morgan fingerprint density at radius 1 is 1.35 bits per heavy atom. The number of rotatable bonds is 4. The molecule has 1 aliphatic rings. The fourth-order valence-electron chi connectivity index (χ4n) is 2.13. The lowest BCUT2D eigenvalue weighted by Gasteiger charge is -2.32. The van der Waals surface area contributed by atoms with Crippen molar-refractivity contribution in [3.8, 4) is 0 Å². The third-order valence-electron chi connectivity index (χ3n) is 2.99. The van der Waals surface area contributed by atoms with Crippen molar-refractivity contribution in [3.63, 3.8) is 0 Å². The van der Waals surface area contributed by atoms with Crippen LogP contribution in [-0.4, -0.2) is 30.5 Å². The molecule has 1 aromatic rings. The number of carbonyl (C=O) groups is 1. The van der Waals surface area contributed by atoms with Gasteiger partial charge in [0, 0.05) is 19.0 Å². The fourth-order valence-corrected chi connectivity index (χ4v) is 2.13. The Balaban J connectivity index is 1.84. The quantitative estimate of drug-likeness (QED) is 0.623. The summed E-state index contributed by atoms with van der Waals surface area (Å²) in [6.45, 7) is 1.90.